The molecule has 17 heavy (non-hydrogen) atoms. The van der Waals surface area contributed by atoms with Crippen LogP contribution in [-0.2, 0) is 9.53 Å². The smallest absolute Gasteiger partial charge is 0.350 e. The Morgan fingerprint density at radius 2 is 2.47 bits per heavy atom. The van der Waals surface area contributed by atoms with Gasteiger partial charge in [-0.25, -0.2) is 4.79 Å². The van der Waals surface area contributed by atoms with Crippen LogP contribution >= 0.6 is 0 Å². The van der Waals surface area contributed by atoms with Gasteiger partial charge in [0.25, 0.3) is 0 Å². The lowest BCUT2D eigenvalue weighted by atomic mass is 10.3. The fourth-order valence-electron chi connectivity index (χ4n) is 0.971. The highest BCUT2D eigenvalue weighted by Crippen LogP contribution is 2.09. The maximum absolute atomic E-state index is 11.2. The summed E-state index contributed by atoms with van der Waals surface area (Å²) in [6, 6.07) is 3.58. The molecule has 0 aliphatic carbocycles. The Morgan fingerprint density at radius 3 is 3.06 bits per heavy atom. The van der Waals surface area contributed by atoms with Gasteiger partial charge in [-0.05, 0) is 6.92 Å². The molecule has 86 valence electrons. The van der Waals surface area contributed by atoms with E-state index in [0.717, 1.165) is 6.20 Å². The molecule has 0 unspecified atom stereocenters. The van der Waals surface area contributed by atoms with E-state index in [2.05, 4.69) is 20.3 Å². The minimum absolute atomic E-state index is 0.186. The van der Waals surface area contributed by atoms with Gasteiger partial charge in [0.2, 0.25) is 0 Å². The first-order chi connectivity index (χ1) is 8.22. The molecule has 0 spiro atoms. The van der Waals surface area contributed by atoms with Gasteiger partial charge in [-0.3, -0.25) is 5.10 Å². The van der Waals surface area contributed by atoms with Crippen LogP contribution < -0.4 is 5.32 Å². The number of hydrogen-bond acceptors (Lipinski definition) is 6. The molecular formula is C10H9N5O2. The second kappa shape index (κ2) is 5.93. The number of carbonyl (C=O) groups excluding carboxylic acids is 1. The Hall–Kier alpha value is -2.80. The summed E-state index contributed by atoms with van der Waals surface area (Å²) in [5.74, 6) is -0.412. The summed E-state index contributed by atoms with van der Waals surface area (Å²) < 4.78 is 4.66. The molecule has 2 N–H and O–H groups in total. The summed E-state index contributed by atoms with van der Waals surface area (Å²) in [6.45, 7) is 1.83. The van der Waals surface area contributed by atoms with Crippen LogP contribution in [0.4, 0.5) is 5.82 Å². The van der Waals surface area contributed by atoms with Crippen LogP contribution in [0.25, 0.3) is 0 Å². The molecule has 1 aromatic heterocycles. The van der Waals surface area contributed by atoms with Crippen molar-refractivity contribution in [3.8, 4) is 12.1 Å². The number of nitriles is 2. The number of aromatic nitrogens is 2. The van der Waals surface area contributed by atoms with Crippen molar-refractivity contribution in [1.29, 1.82) is 10.5 Å². The first-order valence-electron chi connectivity index (χ1n) is 4.70. The first-order valence-corrected chi connectivity index (χ1v) is 4.70. The predicted molar refractivity (Wildman–Crippen MR) is 57.3 cm³/mol. The van der Waals surface area contributed by atoms with Gasteiger partial charge in [-0.15, -0.1) is 0 Å². The van der Waals surface area contributed by atoms with Crippen molar-refractivity contribution >= 4 is 11.8 Å². The standard InChI is InChI=1S/C10H9N5O2/c1-2-17-10(16)8(4-12)5-13-9-7(3-11)6-14-15-9/h5-6H,2H2,1H3,(H2,13,14,15)/b8-5+. The fraction of sp³-hybridized carbons (Fsp3) is 0.200. The van der Waals surface area contributed by atoms with Gasteiger partial charge in [0, 0.05) is 6.20 Å². The topological polar surface area (TPSA) is 115 Å². The molecular weight excluding hydrogens is 222 g/mol. The minimum Gasteiger partial charge on any atom is -0.462 e. The maximum atomic E-state index is 11.2. The Labute approximate surface area is 97.3 Å². The molecule has 0 fully saturated rings. The minimum atomic E-state index is -0.722. The van der Waals surface area contributed by atoms with E-state index in [1.807, 2.05) is 6.07 Å². The number of H-pyrrole nitrogens is 1. The molecule has 0 saturated carbocycles. The van der Waals surface area contributed by atoms with E-state index in [1.54, 1.807) is 13.0 Å². The van der Waals surface area contributed by atoms with Gasteiger partial charge in [0.1, 0.15) is 23.5 Å². The van der Waals surface area contributed by atoms with Crippen molar-refractivity contribution < 1.29 is 9.53 Å². The average molecular weight is 231 g/mol. The van der Waals surface area contributed by atoms with Gasteiger partial charge >= 0.3 is 5.97 Å². The number of nitrogens with zero attached hydrogens (tertiary/aromatic N) is 3. The molecule has 0 saturated heterocycles. The molecule has 7 heteroatoms. The van der Waals surface area contributed by atoms with Crippen molar-refractivity contribution in [2.45, 2.75) is 6.92 Å². The molecule has 0 aromatic carbocycles. The second-order valence-electron chi connectivity index (χ2n) is 2.81. The number of nitrogens with one attached hydrogen (secondary N) is 2. The quantitative estimate of drug-likeness (QED) is 0.447. The van der Waals surface area contributed by atoms with Crippen molar-refractivity contribution in [2.75, 3.05) is 11.9 Å². The lowest BCUT2D eigenvalue weighted by molar-refractivity contribution is -0.138. The Kier molecular flexibility index (Phi) is 4.28. The maximum Gasteiger partial charge on any atom is 0.350 e. The third-order valence-electron chi connectivity index (χ3n) is 1.74. The van der Waals surface area contributed by atoms with Crippen LogP contribution in [-0.4, -0.2) is 22.8 Å². The lowest BCUT2D eigenvalue weighted by Gasteiger charge is -2.00. The summed E-state index contributed by atoms with van der Waals surface area (Å²) in [5, 5.41) is 26.2. The summed E-state index contributed by atoms with van der Waals surface area (Å²) in [4.78, 5) is 11.2. The molecule has 0 aliphatic rings. The van der Waals surface area contributed by atoms with Crippen LogP contribution in [0.5, 0.6) is 0 Å². The number of ether oxygens (including phenoxy) is 1. The number of hydrogen-bond donors (Lipinski definition) is 2. The summed E-state index contributed by atoms with van der Waals surface area (Å²) in [5.41, 5.74) is 0.0905. The molecule has 0 radical (unpaired) electrons. The summed E-state index contributed by atoms with van der Waals surface area (Å²) in [6.07, 6.45) is 2.49. The predicted octanol–water partition coefficient (Wildman–Crippen LogP) is 0.664. The molecule has 0 amide bonds. The van der Waals surface area contributed by atoms with Gasteiger partial charge in [0.05, 0.1) is 12.8 Å². The zero-order valence-corrected chi connectivity index (χ0v) is 9.02. The molecule has 1 aromatic rings. The molecule has 1 rings (SSSR count). The Bertz CT molecular complexity index is 518. The highest BCUT2D eigenvalue weighted by atomic mass is 16.5. The average Bonchev–Trinajstić information content (AvgIpc) is 2.77. The second-order valence-corrected chi connectivity index (χ2v) is 2.81. The molecule has 7 nitrogen and oxygen atoms in total. The number of esters is 1. The number of aromatic amines is 1. The lowest BCUT2D eigenvalue weighted by Crippen LogP contribution is -2.08. The van der Waals surface area contributed by atoms with E-state index >= 15 is 0 Å². The normalized spacial score (nSPS) is 10.2. The Balaban J connectivity index is 2.79. The highest BCUT2D eigenvalue weighted by molar-refractivity contribution is 5.93. The zero-order valence-electron chi connectivity index (χ0n) is 9.02. The Morgan fingerprint density at radius 1 is 1.71 bits per heavy atom. The molecule has 0 aliphatic heterocycles. The van der Waals surface area contributed by atoms with E-state index in [1.165, 1.54) is 6.20 Å². The summed E-state index contributed by atoms with van der Waals surface area (Å²) >= 11 is 0. The van der Waals surface area contributed by atoms with E-state index in [0.29, 0.717) is 5.82 Å². The molecule has 0 bridgehead atoms. The van der Waals surface area contributed by atoms with Crippen LogP contribution in [0.2, 0.25) is 0 Å². The SMILES string of the molecule is CCOC(=O)/C(C#N)=C/Nc1[nH]ncc1C#N. The zero-order chi connectivity index (χ0) is 12.7. The molecule has 1 heterocycles. The van der Waals surface area contributed by atoms with Crippen LogP contribution in [0, 0.1) is 22.7 Å². The van der Waals surface area contributed by atoms with Crippen molar-refractivity contribution in [2.24, 2.45) is 0 Å². The monoisotopic (exact) mass is 231 g/mol. The fourth-order valence-corrected chi connectivity index (χ4v) is 0.971. The van der Waals surface area contributed by atoms with E-state index < -0.39 is 5.97 Å². The van der Waals surface area contributed by atoms with Crippen LogP contribution in [0.15, 0.2) is 18.0 Å². The van der Waals surface area contributed by atoms with E-state index in [-0.39, 0.29) is 17.7 Å². The largest absolute Gasteiger partial charge is 0.462 e. The van der Waals surface area contributed by atoms with Crippen molar-refractivity contribution in [3.63, 3.8) is 0 Å². The van der Waals surface area contributed by atoms with Gasteiger partial charge in [-0.2, -0.15) is 15.6 Å². The third-order valence-corrected chi connectivity index (χ3v) is 1.74. The van der Waals surface area contributed by atoms with E-state index in [4.69, 9.17) is 10.5 Å². The van der Waals surface area contributed by atoms with Gasteiger partial charge in [-0.1, -0.05) is 0 Å². The molecule has 0 atom stereocenters. The first kappa shape index (κ1) is 12.3. The number of carbonyl (C=O) groups is 1. The number of rotatable bonds is 4. The summed E-state index contributed by atoms with van der Waals surface area (Å²) in [7, 11) is 0. The van der Waals surface area contributed by atoms with Crippen molar-refractivity contribution in [1.82, 2.24) is 10.2 Å². The van der Waals surface area contributed by atoms with Gasteiger partial charge in [0.15, 0.2) is 5.57 Å². The van der Waals surface area contributed by atoms with Gasteiger partial charge < -0.3 is 10.1 Å². The van der Waals surface area contributed by atoms with E-state index in [9.17, 15) is 4.79 Å². The number of anilines is 1. The van der Waals surface area contributed by atoms with Crippen molar-refractivity contribution in [3.05, 3.63) is 23.5 Å². The third kappa shape index (κ3) is 3.08. The van der Waals surface area contributed by atoms with Crippen LogP contribution in [0.3, 0.4) is 0 Å². The van der Waals surface area contributed by atoms with Crippen LogP contribution in [0.1, 0.15) is 12.5 Å². The highest BCUT2D eigenvalue weighted by Gasteiger charge is 2.10.